The van der Waals surface area contributed by atoms with Gasteiger partial charge in [0.15, 0.2) is 0 Å². The van der Waals surface area contributed by atoms with Crippen molar-refractivity contribution in [2.24, 2.45) is 5.73 Å². The summed E-state index contributed by atoms with van der Waals surface area (Å²) >= 11 is 0. The summed E-state index contributed by atoms with van der Waals surface area (Å²) in [7, 11) is 0. The molecule has 1 atom stereocenters. The molecular weight excluding hydrogens is 266 g/mol. The van der Waals surface area contributed by atoms with Gasteiger partial charge in [0.2, 0.25) is 0 Å². The van der Waals surface area contributed by atoms with Crippen molar-refractivity contribution in [2.45, 2.75) is 32.4 Å². The van der Waals surface area contributed by atoms with Crippen molar-refractivity contribution in [2.75, 3.05) is 13.1 Å². The average Bonchev–Trinajstić information content (AvgIpc) is 2.95. The van der Waals surface area contributed by atoms with Gasteiger partial charge in [-0.2, -0.15) is 0 Å². The van der Waals surface area contributed by atoms with E-state index in [0.29, 0.717) is 13.0 Å². The van der Waals surface area contributed by atoms with Crippen molar-refractivity contribution in [3.63, 3.8) is 0 Å². The molecule has 0 bridgehead atoms. The predicted molar refractivity (Wildman–Crippen MR) is 82.2 cm³/mol. The lowest BCUT2D eigenvalue weighted by Gasteiger charge is -2.20. The zero-order valence-corrected chi connectivity index (χ0v) is 12.4. The first-order chi connectivity index (χ1) is 9.90. The predicted octanol–water partition coefficient (Wildman–Crippen LogP) is 1.77. The van der Waals surface area contributed by atoms with Crippen LogP contribution in [0.3, 0.4) is 0 Å². The molecule has 2 aromatic rings. The lowest BCUT2D eigenvalue weighted by Crippen LogP contribution is -2.50. The Balaban J connectivity index is 1.87. The second-order valence-electron chi connectivity index (χ2n) is 6.14. The number of aromatic nitrogens is 1. The van der Waals surface area contributed by atoms with Crippen LogP contribution in [0.15, 0.2) is 18.2 Å². The fraction of sp³-hybridized carbons (Fsp3) is 0.438. The summed E-state index contributed by atoms with van der Waals surface area (Å²) in [4.78, 5) is 16.8. The molecule has 0 amide bonds. The number of fused-ring (bicyclic) bond motifs is 1. The second kappa shape index (κ2) is 4.86. The van der Waals surface area contributed by atoms with Gasteiger partial charge in [-0.1, -0.05) is 18.2 Å². The molecule has 1 aromatic carbocycles. The van der Waals surface area contributed by atoms with E-state index in [1.54, 1.807) is 0 Å². The standard InChI is InChI=1S/C16H21N3O2/c1-10-11(2)18-14-12(4-3-5-13(10)14)8-19-7-6-16(17,9-19)15(20)21/h3-5,18H,6-9,17H2,1-2H3,(H,20,21). The van der Waals surface area contributed by atoms with Crippen LogP contribution < -0.4 is 5.73 Å². The normalized spacial score (nSPS) is 23.0. The number of carboxylic acids is 1. The molecule has 0 spiro atoms. The Morgan fingerprint density at radius 3 is 2.90 bits per heavy atom. The lowest BCUT2D eigenvalue weighted by molar-refractivity contribution is -0.142. The first-order valence-corrected chi connectivity index (χ1v) is 7.22. The Bertz CT molecular complexity index is 707. The van der Waals surface area contributed by atoms with E-state index in [4.69, 9.17) is 5.73 Å². The van der Waals surface area contributed by atoms with Crippen molar-refractivity contribution >= 4 is 16.9 Å². The highest BCUT2D eigenvalue weighted by molar-refractivity contribution is 5.87. The smallest absolute Gasteiger partial charge is 0.325 e. The topological polar surface area (TPSA) is 82.3 Å². The maximum absolute atomic E-state index is 11.2. The highest BCUT2D eigenvalue weighted by atomic mass is 16.4. The van der Waals surface area contributed by atoms with E-state index in [9.17, 15) is 9.90 Å². The van der Waals surface area contributed by atoms with Gasteiger partial charge in [0.05, 0.1) is 5.52 Å². The molecule has 4 N–H and O–H groups in total. The summed E-state index contributed by atoms with van der Waals surface area (Å²) in [5.74, 6) is -0.908. The monoisotopic (exact) mass is 287 g/mol. The van der Waals surface area contributed by atoms with Gasteiger partial charge >= 0.3 is 5.97 Å². The number of carbonyl (C=O) groups is 1. The second-order valence-corrected chi connectivity index (χ2v) is 6.14. The number of nitrogens with one attached hydrogen (secondary N) is 1. The van der Waals surface area contributed by atoms with Crippen molar-refractivity contribution in [3.8, 4) is 0 Å². The third kappa shape index (κ3) is 2.32. The van der Waals surface area contributed by atoms with Gasteiger partial charge in [-0.3, -0.25) is 9.69 Å². The number of aryl methyl sites for hydroxylation is 2. The van der Waals surface area contributed by atoms with Gasteiger partial charge in [-0.15, -0.1) is 0 Å². The van der Waals surface area contributed by atoms with E-state index in [1.807, 2.05) is 0 Å². The fourth-order valence-electron chi connectivity index (χ4n) is 3.14. The Kier molecular flexibility index (Phi) is 3.26. The number of aliphatic carboxylic acids is 1. The molecular formula is C16H21N3O2. The van der Waals surface area contributed by atoms with Crippen LogP contribution in [0, 0.1) is 13.8 Å². The Morgan fingerprint density at radius 1 is 1.48 bits per heavy atom. The number of nitrogens with zero attached hydrogens (tertiary/aromatic N) is 1. The minimum Gasteiger partial charge on any atom is -0.480 e. The number of H-pyrrole nitrogens is 1. The highest BCUT2D eigenvalue weighted by Crippen LogP contribution is 2.27. The van der Waals surface area contributed by atoms with Gasteiger partial charge in [0, 0.05) is 30.7 Å². The number of likely N-dealkylation sites (tertiary alicyclic amines) is 1. The molecule has 0 saturated carbocycles. The van der Waals surface area contributed by atoms with Crippen molar-refractivity contribution in [1.82, 2.24) is 9.88 Å². The maximum atomic E-state index is 11.2. The molecule has 112 valence electrons. The number of aromatic amines is 1. The molecule has 1 saturated heterocycles. The van der Waals surface area contributed by atoms with E-state index < -0.39 is 11.5 Å². The first-order valence-electron chi connectivity index (χ1n) is 7.22. The van der Waals surface area contributed by atoms with E-state index in [0.717, 1.165) is 18.6 Å². The first kappa shape index (κ1) is 14.1. The van der Waals surface area contributed by atoms with Gasteiger partial charge in [0.1, 0.15) is 5.54 Å². The molecule has 1 aliphatic heterocycles. The van der Waals surface area contributed by atoms with Crippen LogP contribution in [0.1, 0.15) is 23.2 Å². The number of nitrogens with two attached hydrogens (primary N) is 1. The van der Waals surface area contributed by atoms with Gasteiger partial charge in [-0.05, 0) is 31.4 Å². The summed E-state index contributed by atoms with van der Waals surface area (Å²) < 4.78 is 0. The van der Waals surface area contributed by atoms with Gasteiger partial charge in [0.25, 0.3) is 0 Å². The number of para-hydroxylation sites is 1. The van der Waals surface area contributed by atoms with Crippen molar-refractivity contribution in [1.29, 1.82) is 0 Å². The molecule has 1 unspecified atom stereocenters. The van der Waals surface area contributed by atoms with Gasteiger partial charge in [-0.25, -0.2) is 0 Å². The average molecular weight is 287 g/mol. The summed E-state index contributed by atoms with van der Waals surface area (Å²) in [6.45, 7) is 6.03. The number of benzene rings is 1. The van der Waals surface area contributed by atoms with Crippen LogP contribution in [0.25, 0.3) is 10.9 Å². The third-order valence-electron chi connectivity index (χ3n) is 4.63. The fourth-order valence-corrected chi connectivity index (χ4v) is 3.14. The zero-order valence-electron chi connectivity index (χ0n) is 12.4. The van der Waals surface area contributed by atoms with E-state index >= 15 is 0 Å². The summed E-state index contributed by atoms with van der Waals surface area (Å²) in [6.07, 6.45) is 0.501. The van der Waals surface area contributed by atoms with Crippen LogP contribution in [0.2, 0.25) is 0 Å². The number of hydrogen-bond acceptors (Lipinski definition) is 3. The highest BCUT2D eigenvalue weighted by Gasteiger charge is 2.41. The molecule has 0 aliphatic carbocycles. The molecule has 2 heterocycles. The molecule has 1 fully saturated rings. The largest absolute Gasteiger partial charge is 0.480 e. The SMILES string of the molecule is Cc1[nH]c2c(CN3CCC(N)(C(=O)O)C3)cccc2c1C. The summed E-state index contributed by atoms with van der Waals surface area (Å²) in [6, 6.07) is 6.27. The molecule has 1 aromatic heterocycles. The van der Waals surface area contributed by atoms with Crippen LogP contribution in [0.5, 0.6) is 0 Å². The Labute approximate surface area is 123 Å². The third-order valence-corrected chi connectivity index (χ3v) is 4.63. The molecule has 5 nitrogen and oxygen atoms in total. The van der Waals surface area contributed by atoms with Crippen LogP contribution in [-0.2, 0) is 11.3 Å². The number of rotatable bonds is 3. The molecule has 21 heavy (non-hydrogen) atoms. The van der Waals surface area contributed by atoms with Crippen molar-refractivity contribution < 1.29 is 9.90 Å². The molecule has 5 heteroatoms. The van der Waals surface area contributed by atoms with Crippen LogP contribution in [-0.4, -0.2) is 39.6 Å². The van der Waals surface area contributed by atoms with Crippen molar-refractivity contribution in [3.05, 3.63) is 35.0 Å². The van der Waals surface area contributed by atoms with E-state index in [2.05, 4.69) is 41.9 Å². The van der Waals surface area contributed by atoms with Crippen LogP contribution in [0.4, 0.5) is 0 Å². The van der Waals surface area contributed by atoms with E-state index in [-0.39, 0.29) is 0 Å². The molecule has 0 radical (unpaired) electrons. The van der Waals surface area contributed by atoms with Crippen LogP contribution >= 0.6 is 0 Å². The minimum absolute atomic E-state index is 0.400. The number of hydrogen-bond donors (Lipinski definition) is 3. The quantitative estimate of drug-likeness (QED) is 0.803. The summed E-state index contributed by atoms with van der Waals surface area (Å²) in [5.41, 5.74) is 9.63. The summed E-state index contributed by atoms with van der Waals surface area (Å²) in [5, 5.41) is 10.4. The Morgan fingerprint density at radius 2 is 2.24 bits per heavy atom. The minimum atomic E-state index is -1.10. The number of carboxylic acid groups (broad SMARTS) is 1. The Hall–Kier alpha value is -1.85. The zero-order chi connectivity index (χ0) is 15.2. The molecule has 1 aliphatic rings. The molecule has 3 rings (SSSR count). The maximum Gasteiger partial charge on any atom is 0.325 e. The van der Waals surface area contributed by atoms with E-state index in [1.165, 1.54) is 22.2 Å². The lowest BCUT2D eigenvalue weighted by atomic mass is 10.0. The van der Waals surface area contributed by atoms with Gasteiger partial charge < -0.3 is 15.8 Å².